The number of benzene rings is 1. The minimum Gasteiger partial charge on any atom is -0.489 e. The van der Waals surface area contributed by atoms with Crippen LogP contribution in [0.4, 0.5) is 0 Å². The molecule has 0 radical (unpaired) electrons. The number of amides is 1. The summed E-state index contributed by atoms with van der Waals surface area (Å²) >= 11 is 0. The van der Waals surface area contributed by atoms with Crippen LogP contribution < -0.4 is 10.1 Å². The van der Waals surface area contributed by atoms with Crippen LogP contribution in [0.25, 0.3) is 0 Å². The summed E-state index contributed by atoms with van der Waals surface area (Å²) in [5.41, 5.74) is 1.78. The predicted octanol–water partition coefficient (Wildman–Crippen LogP) is 4.04. The fourth-order valence-electron chi connectivity index (χ4n) is 3.62. The monoisotopic (exact) mass is 331 g/mol. The van der Waals surface area contributed by atoms with Crippen molar-refractivity contribution in [3.63, 3.8) is 0 Å². The highest BCUT2D eigenvalue weighted by atomic mass is 16.5. The van der Waals surface area contributed by atoms with Crippen molar-refractivity contribution < 1.29 is 14.3 Å². The molecule has 3 rings (SSSR count). The zero-order chi connectivity index (χ0) is 16.9. The molecule has 0 aromatic heterocycles. The van der Waals surface area contributed by atoms with Gasteiger partial charge in [-0.2, -0.15) is 0 Å². The van der Waals surface area contributed by atoms with Gasteiger partial charge in [-0.05, 0) is 32.3 Å². The minimum atomic E-state index is -0.0502. The lowest BCUT2D eigenvalue weighted by Gasteiger charge is -2.21. The van der Waals surface area contributed by atoms with E-state index in [2.05, 4.69) is 25.2 Å². The molecule has 0 unspecified atom stereocenters. The van der Waals surface area contributed by atoms with E-state index in [9.17, 15) is 4.79 Å². The maximum absolute atomic E-state index is 12.5. The van der Waals surface area contributed by atoms with Crippen LogP contribution in [0.3, 0.4) is 0 Å². The van der Waals surface area contributed by atoms with Crippen molar-refractivity contribution in [1.82, 2.24) is 5.32 Å². The third-order valence-electron chi connectivity index (χ3n) is 5.30. The number of ether oxygens (including phenoxy) is 2. The molecule has 2 aliphatic rings. The van der Waals surface area contributed by atoms with Gasteiger partial charge in [0.05, 0.1) is 11.7 Å². The van der Waals surface area contributed by atoms with E-state index in [4.69, 9.17) is 9.47 Å². The topological polar surface area (TPSA) is 47.6 Å². The Kier molecular flexibility index (Phi) is 5.77. The lowest BCUT2D eigenvalue weighted by molar-refractivity contribution is 0.0273. The van der Waals surface area contributed by atoms with E-state index >= 15 is 0 Å². The molecule has 0 saturated heterocycles. The van der Waals surface area contributed by atoms with E-state index in [-0.39, 0.29) is 12.0 Å². The number of nitrogens with one attached hydrogen (secondary N) is 1. The summed E-state index contributed by atoms with van der Waals surface area (Å²) in [4.78, 5) is 12.5. The van der Waals surface area contributed by atoms with E-state index in [1.54, 1.807) is 0 Å². The predicted molar refractivity (Wildman–Crippen MR) is 94.7 cm³/mol. The largest absolute Gasteiger partial charge is 0.489 e. The maximum atomic E-state index is 12.5. The molecule has 2 atom stereocenters. The lowest BCUT2D eigenvalue weighted by Crippen LogP contribution is -2.26. The fraction of sp³-hybridized carbons (Fsp3) is 0.650. The van der Waals surface area contributed by atoms with Crippen molar-refractivity contribution in [2.75, 3.05) is 13.2 Å². The van der Waals surface area contributed by atoms with Crippen molar-refractivity contribution in [2.45, 2.75) is 70.5 Å². The fourth-order valence-corrected chi connectivity index (χ4v) is 3.62. The minimum absolute atomic E-state index is 0.0502. The first kappa shape index (κ1) is 17.3. The second-order valence-corrected chi connectivity index (χ2v) is 7.08. The summed E-state index contributed by atoms with van der Waals surface area (Å²) in [6.45, 7) is 5.55. The van der Waals surface area contributed by atoms with Crippen molar-refractivity contribution in [3.8, 4) is 5.75 Å². The molecule has 0 bridgehead atoms. The van der Waals surface area contributed by atoms with Gasteiger partial charge in [0.25, 0.3) is 5.91 Å². The molecule has 1 aliphatic carbocycles. The molecule has 132 valence electrons. The molecule has 1 fully saturated rings. The molecule has 1 aliphatic heterocycles. The highest BCUT2D eigenvalue weighted by molar-refractivity contribution is 5.97. The van der Waals surface area contributed by atoms with Gasteiger partial charge < -0.3 is 14.8 Å². The number of hydrogen-bond donors (Lipinski definition) is 1. The Morgan fingerprint density at radius 2 is 2.04 bits per heavy atom. The van der Waals surface area contributed by atoms with Gasteiger partial charge in [0.2, 0.25) is 0 Å². The summed E-state index contributed by atoms with van der Waals surface area (Å²) in [6.07, 6.45) is 7.71. The van der Waals surface area contributed by atoms with Crippen molar-refractivity contribution in [2.24, 2.45) is 0 Å². The van der Waals surface area contributed by atoms with Crippen LogP contribution in [-0.2, 0) is 4.74 Å². The molecule has 4 nitrogen and oxygen atoms in total. The number of rotatable bonds is 6. The normalized spacial score (nSPS) is 23.6. The first-order valence-electron chi connectivity index (χ1n) is 9.36. The Hall–Kier alpha value is -1.55. The SMILES string of the molecule is C[C@H]1Oc2c(C(=O)NCCCOC3CCCCC3)cccc2[C@@H]1C. The van der Waals surface area contributed by atoms with Crippen LogP contribution in [0.15, 0.2) is 18.2 Å². The number of para-hydroxylation sites is 1. The van der Waals surface area contributed by atoms with Gasteiger partial charge in [0.15, 0.2) is 0 Å². The number of carbonyl (C=O) groups excluding carboxylic acids is 1. The van der Waals surface area contributed by atoms with Crippen molar-refractivity contribution in [1.29, 1.82) is 0 Å². The van der Waals surface area contributed by atoms with Crippen LogP contribution >= 0.6 is 0 Å². The Morgan fingerprint density at radius 3 is 2.83 bits per heavy atom. The van der Waals surface area contributed by atoms with Crippen LogP contribution in [0.1, 0.15) is 74.2 Å². The zero-order valence-corrected chi connectivity index (χ0v) is 14.8. The molecule has 0 spiro atoms. The summed E-state index contributed by atoms with van der Waals surface area (Å²) in [7, 11) is 0. The Morgan fingerprint density at radius 1 is 1.25 bits per heavy atom. The first-order chi connectivity index (χ1) is 11.7. The maximum Gasteiger partial charge on any atom is 0.255 e. The molecular formula is C20H29NO3. The van der Waals surface area contributed by atoms with Crippen LogP contribution in [0.5, 0.6) is 5.75 Å². The standard InChI is InChI=1S/C20H29NO3/c1-14-15(2)24-19-17(14)10-6-11-18(19)20(22)21-12-7-13-23-16-8-4-3-5-9-16/h6,10-11,14-16H,3-5,7-9,12-13H2,1-2H3,(H,21,22)/t14-,15-/m1/s1. The summed E-state index contributed by atoms with van der Waals surface area (Å²) in [6, 6.07) is 5.84. The molecule has 24 heavy (non-hydrogen) atoms. The highest BCUT2D eigenvalue weighted by Crippen LogP contribution is 2.40. The average Bonchev–Trinajstić information content (AvgIpc) is 2.90. The number of hydrogen-bond acceptors (Lipinski definition) is 3. The van der Waals surface area contributed by atoms with Crippen molar-refractivity contribution in [3.05, 3.63) is 29.3 Å². The van der Waals surface area contributed by atoms with Gasteiger partial charge in [0.1, 0.15) is 11.9 Å². The van der Waals surface area contributed by atoms with Crippen LogP contribution in [0.2, 0.25) is 0 Å². The second kappa shape index (κ2) is 8.02. The third kappa shape index (κ3) is 3.92. The first-order valence-corrected chi connectivity index (χ1v) is 9.36. The van der Waals surface area contributed by atoms with Gasteiger partial charge in [-0.1, -0.05) is 38.3 Å². The third-order valence-corrected chi connectivity index (χ3v) is 5.30. The zero-order valence-electron chi connectivity index (χ0n) is 14.8. The molecule has 1 aromatic rings. The summed E-state index contributed by atoms with van der Waals surface area (Å²) in [5.74, 6) is 1.04. The highest BCUT2D eigenvalue weighted by Gasteiger charge is 2.30. The molecule has 1 heterocycles. The average molecular weight is 331 g/mol. The molecule has 4 heteroatoms. The van der Waals surface area contributed by atoms with Crippen LogP contribution in [-0.4, -0.2) is 31.3 Å². The summed E-state index contributed by atoms with van der Waals surface area (Å²) < 4.78 is 11.8. The second-order valence-electron chi connectivity index (χ2n) is 7.08. The van der Waals surface area contributed by atoms with E-state index in [1.807, 2.05) is 12.1 Å². The molecule has 1 aromatic carbocycles. The van der Waals surface area contributed by atoms with Crippen LogP contribution in [0, 0.1) is 0 Å². The Labute approximate surface area is 144 Å². The molecular weight excluding hydrogens is 302 g/mol. The lowest BCUT2D eigenvalue weighted by atomic mass is 9.97. The summed E-state index contributed by atoms with van der Waals surface area (Å²) in [5, 5.41) is 3.00. The Balaban J connectivity index is 1.44. The quantitative estimate of drug-likeness (QED) is 0.800. The van der Waals surface area contributed by atoms with E-state index in [0.717, 1.165) is 24.3 Å². The van der Waals surface area contributed by atoms with Gasteiger partial charge >= 0.3 is 0 Å². The van der Waals surface area contributed by atoms with E-state index < -0.39 is 0 Å². The smallest absolute Gasteiger partial charge is 0.255 e. The van der Waals surface area contributed by atoms with Gasteiger partial charge in [0, 0.05) is 24.6 Å². The van der Waals surface area contributed by atoms with Gasteiger partial charge in [-0.3, -0.25) is 4.79 Å². The number of carbonyl (C=O) groups is 1. The van der Waals surface area contributed by atoms with Crippen molar-refractivity contribution >= 4 is 5.91 Å². The van der Waals surface area contributed by atoms with E-state index in [0.29, 0.717) is 24.1 Å². The molecule has 1 amide bonds. The number of fused-ring (bicyclic) bond motifs is 1. The molecule has 1 N–H and O–H groups in total. The molecule has 1 saturated carbocycles. The van der Waals surface area contributed by atoms with E-state index in [1.165, 1.54) is 32.1 Å². The van der Waals surface area contributed by atoms with Gasteiger partial charge in [-0.15, -0.1) is 0 Å². The Bertz CT molecular complexity index is 566. The van der Waals surface area contributed by atoms with Gasteiger partial charge in [-0.25, -0.2) is 0 Å².